The lowest BCUT2D eigenvalue weighted by molar-refractivity contribution is -0.286. The lowest BCUT2D eigenvalue weighted by Crippen LogP contribution is -2.25. The second kappa shape index (κ2) is 4.42. The summed E-state index contributed by atoms with van der Waals surface area (Å²) >= 11 is 0. The third-order valence-corrected chi connectivity index (χ3v) is 2.62. The summed E-state index contributed by atoms with van der Waals surface area (Å²) < 4.78 is 39.8. The Balaban J connectivity index is 1.71. The zero-order chi connectivity index (χ0) is 13.3. The van der Waals surface area contributed by atoms with E-state index in [2.05, 4.69) is 9.47 Å². The molecule has 0 amide bonds. The summed E-state index contributed by atoms with van der Waals surface area (Å²) in [6.07, 6.45) is -3.60. The first-order chi connectivity index (χ1) is 9.12. The molecule has 0 aliphatic carbocycles. The van der Waals surface area contributed by atoms with Crippen molar-refractivity contribution in [2.75, 3.05) is 0 Å². The van der Waals surface area contributed by atoms with Gasteiger partial charge in [0.15, 0.2) is 11.5 Å². The molecule has 1 heterocycles. The van der Waals surface area contributed by atoms with Crippen LogP contribution in [0.4, 0.5) is 8.78 Å². The van der Waals surface area contributed by atoms with Gasteiger partial charge in [0, 0.05) is 6.07 Å². The highest BCUT2D eigenvalue weighted by Gasteiger charge is 2.43. The van der Waals surface area contributed by atoms with Crippen LogP contribution in [0.5, 0.6) is 17.2 Å². The highest BCUT2D eigenvalue weighted by molar-refractivity contribution is 5.47. The van der Waals surface area contributed by atoms with Gasteiger partial charge < -0.3 is 14.2 Å². The third-order valence-electron chi connectivity index (χ3n) is 2.62. The van der Waals surface area contributed by atoms with Crippen molar-refractivity contribution in [3.05, 3.63) is 54.1 Å². The van der Waals surface area contributed by atoms with Gasteiger partial charge in [-0.15, -0.1) is 8.78 Å². The minimum Gasteiger partial charge on any atom is -0.489 e. The van der Waals surface area contributed by atoms with Crippen LogP contribution in [0.2, 0.25) is 0 Å². The first kappa shape index (κ1) is 11.8. The maximum atomic E-state index is 12.8. The van der Waals surface area contributed by atoms with E-state index in [1.54, 1.807) is 6.07 Å². The topological polar surface area (TPSA) is 27.7 Å². The van der Waals surface area contributed by atoms with E-state index in [9.17, 15) is 8.78 Å². The van der Waals surface area contributed by atoms with Crippen LogP contribution < -0.4 is 14.2 Å². The van der Waals surface area contributed by atoms with E-state index in [1.165, 1.54) is 12.1 Å². The smallest absolute Gasteiger partial charge is 0.489 e. The van der Waals surface area contributed by atoms with Crippen molar-refractivity contribution in [2.24, 2.45) is 0 Å². The van der Waals surface area contributed by atoms with E-state index in [0.717, 1.165) is 5.56 Å². The summed E-state index contributed by atoms with van der Waals surface area (Å²) in [5.41, 5.74) is 0.991. The van der Waals surface area contributed by atoms with Crippen molar-refractivity contribution in [2.45, 2.75) is 12.9 Å². The molecule has 0 N–H and O–H groups in total. The fourth-order valence-corrected chi connectivity index (χ4v) is 1.76. The van der Waals surface area contributed by atoms with E-state index in [4.69, 9.17) is 4.74 Å². The van der Waals surface area contributed by atoms with Gasteiger partial charge in [-0.3, -0.25) is 0 Å². The van der Waals surface area contributed by atoms with Gasteiger partial charge in [0.2, 0.25) is 0 Å². The van der Waals surface area contributed by atoms with E-state index in [1.807, 2.05) is 30.3 Å². The lowest BCUT2D eigenvalue weighted by atomic mass is 10.2. The number of hydrogen-bond donors (Lipinski definition) is 0. The van der Waals surface area contributed by atoms with Crippen LogP contribution in [0.1, 0.15) is 5.56 Å². The number of alkyl halides is 2. The fraction of sp³-hybridized carbons (Fsp3) is 0.143. The zero-order valence-electron chi connectivity index (χ0n) is 9.81. The molecule has 3 nitrogen and oxygen atoms in total. The lowest BCUT2D eigenvalue weighted by Gasteiger charge is -2.06. The van der Waals surface area contributed by atoms with E-state index in [-0.39, 0.29) is 11.5 Å². The monoisotopic (exact) mass is 264 g/mol. The number of benzene rings is 2. The van der Waals surface area contributed by atoms with Crippen molar-refractivity contribution < 1.29 is 23.0 Å². The number of halogens is 2. The Bertz CT molecular complexity index is 584. The third kappa shape index (κ3) is 2.59. The molecule has 0 spiro atoms. The molecule has 0 bridgehead atoms. The molecule has 1 aliphatic heterocycles. The Labute approximate surface area is 108 Å². The Morgan fingerprint density at radius 2 is 1.68 bits per heavy atom. The van der Waals surface area contributed by atoms with Crippen LogP contribution in [-0.4, -0.2) is 6.29 Å². The highest BCUT2D eigenvalue weighted by atomic mass is 19.3. The molecule has 3 rings (SSSR count). The molecule has 2 aromatic carbocycles. The van der Waals surface area contributed by atoms with Crippen molar-refractivity contribution in [1.29, 1.82) is 0 Å². The summed E-state index contributed by atoms with van der Waals surface area (Å²) in [6.45, 7) is 0.358. The minimum absolute atomic E-state index is 0.0112. The molecular formula is C14H10F2O3. The molecule has 0 fully saturated rings. The zero-order valence-corrected chi connectivity index (χ0v) is 9.81. The summed E-state index contributed by atoms with van der Waals surface area (Å²) in [6, 6.07) is 13.9. The number of rotatable bonds is 3. The second-order valence-corrected chi connectivity index (χ2v) is 4.05. The molecule has 98 valence electrons. The molecule has 0 atom stereocenters. The predicted octanol–water partition coefficient (Wildman–Crippen LogP) is 3.59. The molecule has 5 heteroatoms. The molecule has 0 aromatic heterocycles. The van der Waals surface area contributed by atoms with Gasteiger partial charge in [0.25, 0.3) is 0 Å². The number of fused-ring (bicyclic) bond motifs is 1. The van der Waals surface area contributed by atoms with Crippen LogP contribution in [0, 0.1) is 0 Å². The normalized spacial score (nSPS) is 15.3. The van der Waals surface area contributed by atoms with Crippen LogP contribution in [0.15, 0.2) is 48.5 Å². The Morgan fingerprint density at radius 1 is 0.947 bits per heavy atom. The van der Waals surface area contributed by atoms with Crippen molar-refractivity contribution in [1.82, 2.24) is 0 Å². The molecule has 1 aliphatic rings. The van der Waals surface area contributed by atoms with Crippen LogP contribution in [0.25, 0.3) is 0 Å². The van der Waals surface area contributed by atoms with Gasteiger partial charge in [0.05, 0.1) is 0 Å². The van der Waals surface area contributed by atoms with Crippen LogP contribution in [-0.2, 0) is 6.61 Å². The summed E-state index contributed by atoms with van der Waals surface area (Å²) in [4.78, 5) is 0. The predicted molar refractivity (Wildman–Crippen MR) is 63.4 cm³/mol. The van der Waals surface area contributed by atoms with Crippen molar-refractivity contribution in [3.63, 3.8) is 0 Å². The SMILES string of the molecule is FC1(F)Oc2ccc(OCc3ccccc3)cc2O1. The molecule has 0 radical (unpaired) electrons. The number of hydrogen-bond acceptors (Lipinski definition) is 3. The minimum atomic E-state index is -3.60. The summed E-state index contributed by atoms with van der Waals surface area (Å²) in [7, 11) is 0. The molecule has 0 unspecified atom stereocenters. The first-order valence-corrected chi connectivity index (χ1v) is 5.69. The van der Waals surface area contributed by atoms with E-state index < -0.39 is 6.29 Å². The maximum Gasteiger partial charge on any atom is 0.586 e. The van der Waals surface area contributed by atoms with E-state index >= 15 is 0 Å². The van der Waals surface area contributed by atoms with Crippen molar-refractivity contribution >= 4 is 0 Å². The van der Waals surface area contributed by atoms with Gasteiger partial charge in [-0.05, 0) is 17.7 Å². The maximum absolute atomic E-state index is 12.8. The standard InChI is InChI=1S/C14H10F2O3/c15-14(16)18-12-7-6-11(8-13(12)19-14)17-9-10-4-2-1-3-5-10/h1-8H,9H2. The molecule has 0 saturated carbocycles. The Hall–Kier alpha value is -2.30. The van der Waals surface area contributed by atoms with Gasteiger partial charge >= 0.3 is 6.29 Å². The highest BCUT2D eigenvalue weighted by Crippen LogP contribution is 2.42. The van der Waals surface area contributed by atoms with Crippen LogP contribution >= 0.6 is 0 Å². The molecular weight excluding hydrogens is 254 g/mol. The second-order valence-electron chi connectivity index (χ2n) is 4.05. The Kier molecular flexibility index (Phi) is 2.74. The number of ether oxygens (including phenoxy) is 3. The quantitative estimate of drug-likeness (QED) is 0.848. The molecule has 19 heavy (non-hydrogen) atoms. The molecule has 0 saturated heterocycles. The fourth-order valence-electron chi connectivity index (χ4n) is 1.76. The first-order valence-electron chi connectivity index (χ1n) is 5.69. The molecule has 2 aromatic rings. The largest absolute Gasteiger partial charge is 0.586 e. The Morgan fingerprint density at radius 3 is 2.47 bits per heavy atom. The summed E-state index contributed by atoms with van der Waals surface area (Å²) in [5.74, 6) is 0.441. The average Bonchev–Trinajstić information content (AvgIpc) is 2.70. The summed E-state index contributed by atoms with van der Waals surface area (Å²) in [5, 5.41) is 0. The van der Waals surface area contributed by atoms with Gasteiger partial charge in [-0.25, -0.2) is 0 Å². The average molecular weight is 264 g/mol. The van der Waals surface area contributed by atoms with Gasteiger partial charge in [0.1, 0.15) is 12.4 Å². The van der Waals surface area contributed by atoms with Gasteiger partial charge in [-0.1, -0.05) is 30.3 Å². The van der Waals surface area contributed by atoms with Gasteiger partial charge in [-0.2, -0.15) is 0 Å². The van der Waals surface area contributed by atoms with E-state index in [0.29, 0.717) is 12.4 Å². The van der Waals surface area contributed by atoms with Crippen LogP contribution in [0.3, 0.4) is 0 Å². The van der Waals surface area contributed by atoms with Crippen molar-refractivity contribution in [3.8, 4) is 17.2 Å².